The van der Waals surface area contributed by atoms with E-state index >= 15 is 0 Å². The zero-order chi connectivity index (χ0) is 18.2. The zero-order valence-electron chi connectivity index (χ0n) is 14.2. The number of benzene rings is 1. The van der Waals surface area contributed by atoms with E-state index in [0.717, 1.165) is 25.5 Å². The van der Waals surface area contributed by atoms with Crippen molar-refractivity contribution in [2.24, 2.45) is 5.73 Å². The summed E-state index contributed by atoms with van der Waals surface area (Å²) < 4.78 is 26.6. The molecule has 0 spiro atoms. The highest BCUT2D eigenvalue weighted by atomic mass is 19.2. The summed E-state index contributed by atoms with van der Waals surface area (Å²) in [5, 5.41) is 0. The van der Waals surface area contributed by atoms with E-state index in [4.69, 9.17) is 5.73 Å². The van der Waals surface area contributed by atoms with Gasteiger partial charge in [-0.05, 0) is 57.0 Å². The maximum Gasteiger partial charge on any atom is 0.267 e. The molecule has 2 heterocycles. The van der Waals surface area contributed by atoms with Crippen LogP contribution < -0.4 is 5.73 Å². The number of aryl methyl sites for hydroxylation is 1. The summed E-state index contributed by atoms with van der Waals surface area (Å²) in [7, 11) is 0. The fraction of sp³-hybridized carbons (Fsp3) is 0.389. The van der Waals surface area contributed by atoms with Gasteiger partial charge in [0.25, 0.3) is 5.91 Å². The quantitative estimate of drug-likeness (QED) is 0.924. The van der Waals surface area contributed by atoms with Gasteiger partial charge in [-0.15, -0.1) is 0 Å². The highest BCUT2D eigenvalue weighted by Gasteiger charge is 2.41. The van der Waals surface area contributed by atoms with Crippen LogP contribution in [0.5, 0.6) is 0 Å². The number of likely N-dealkylation sites (tertiary alicyclic amines) is 1. The molecule has 0 radical (unpaired) electrons. The molecule has 0 unspecified atom stereocenters. The largest absolute Gasteiger partial charge is 0.364 e. The van der Waals surface area contributed by atoms with E-state index in [1.54, 1.807) is 19.1 Å². The number of carbonyl (C=O) groups is 1. The lowest BCUT2D eigenvalue weighted by Crippen LogP contribution is -2.40. The van der Waals surface area contributed by atoms with Gasteiger partial charge in [-0.2, -0.15) is 0 Å². The Morgan fingerprint density at radius 3 is 2.72 bits per heavy atom. The van der Waals surface area contributed by atoms with Crippen molar-refractivity contribution in [3.63, 3.8) is 0 Å². The highest BCUT2D eigenvalue weighted by molar-refractivity contribution is 5.90. The average Bonchev–Trinajstić information content (AvgIpc) is 2.92. The Bertz CT molecular complexity index is 827. The van der Waals surface area contributed by atoms with E-state index in [1.165, 1.54) is 6.07 Å². The van der Waals surface area contributed by atoms with Gasteiger partial charge < -0.3 is 5.73 Å². The third kappa shape index (κ3) is 3.37. The molecule has 0 saturated carbocycles. The molecule has 0 aliphatic carbocycles. The summed E-state index contributed by atoms with van der Waals surface area (Å²) in [5.41, 5.74) is 6.39. The summed E-state index contributed by atoms with van der Waals surface area (Å²) in [5.74, 6) is -1.79. The first-order chi connectivity index (χ1) is 11.8. The first-order valence-corrected chi connectivity index (χ1v) is 8.14. The number of amides is 1. The van der Waals surface area contributed by atoms with Gasteiger partial charge in [0.1, 0.15) is 11.5 Å². The van der Waals surface area contributed by atoms with E-state index in [9.17, 15) is 13.6 Å². The van der Waals surface area contributed by atoms with E-state index < -0.39 is 23.1 Å². The molecule has 7 heteroatoms. The molecule has 25 heavy (non-hydrogen) atoms. The second-order valence-electron chi connectivity index (χ2n) is 6.63. The Labute approximate surface area is 144 Å². The van der Waals surface area contributed by atoms with Crippen LogP contribution in [-0.2, 0) is 12.1 Å². The molecule has 1 aromatic carbocycles. The van der Waals surface area contributed by atoms with Crippen LogP contribution in [0.15, 0.2) is 24.3 Å². The molecule has 0 bridgehead atoms. The molecule has 1 atom stereocenters. The van der Waals surface area contributed by atoms with Gasteiger partial charge in [0.05, 0.1) is 5.54 Å². The Balaban J connectivity index is 1.94. The molecule has 132 valence electrons. The van der Waals surface area contributed by atoms with Crippen LogP contribution in [0.1, 0.15) is 47.3 Å². The highest BCUT2D eigenvalue weighted by Crippen LogP contribution is 2.38. The van der Waals surface area contributed by atoms with Gasteiger partial charge in [-0.1, -0.05) is 6.07 Å². The Hall–Kier alpha value is -2.41. The van der Waals surface area contributed by atoms with Crippen LogP contribution in [0.25, 0.3) is 0 Å². The Kier molecular flexibility index (Phi) is 4.51. The fourth-order valence-corrected chi connectivity index (χ4v) is 3.32. The van der Waals surface area contributed by atoms with Crippen molar-refractivity contribution >= 4 is 5.91 Å². The fourth-order valence-electron chi connectivity index (χ4n) is 3.32. The summed E-state index contributed by atoms with van der Waals surface area (Å²) in [6.45, 7) is 5.00. The molecule has 1 saturated heterocycles. The lowest BCUT2D eigenvalue weighted by atomic mass is 9.96. The smallest absolute Gasteiger partial charge is 0.267 e. The molecule has 2 N–H and O–H groups in total. The summed E-state index contributed by atoms with van der Waals surface area (Å²) in [6, 6.07) is 5.47. The van der Waals surface area contributed by atoms with E-state index in [2.05, 4.69) is 14.9 Å². The first kappa shape index (κ1) is 17.4. The zero-order valence-corrected chi connectivity index (χ0v) is 14.2. The predicted molar refractivity (Wildman–Crippen MR) is 88.6 cm³/mol. The van der Waals surface area contributed by atoms with E-state index in [-0.39, 0.29) is 5.69 Å². The first-order valence-electron chi connectivity index (χ1n) is 8.14. The second-order valence-corrected chi connectivity index (χ2v) is 6.63. The number of hydrogen-bond donors (Lipinski definition) is 1. The van der Waals surface area contributed by atoms with Crippen molar-refractivity contribution in [3.8, 4) is 0 Å². The molecular formula is C18H20F2N4O. The molecule has 1 amide bonds. The normalized spacial score (nSPS) is 20.8. The van der Waals surface area contributed by atoms with Gasteiger partial charge >= 0.3 is 0 Å². The number of aromatic nitrogens is 2. The molecular weight excluding hydrogens is 326 g/mol. The molecule has 1 fully saturated rings. The maximum absolute atomic E-state index is 13.5. The van der Waals surface area contributed by atoms with Crippen molar-refractivity contribution in [2.75, 3.05) is 6.54 Å². The second kappa shape index (κ2) is 6.48. The van der Waals surface area contributed by atoms with Crippen LogP contribution in [0.3, 0.4) is 0 Å². The van der Waals surface area contributed by atoms with Crippen molar-refractivity contribution in [3.05, 3.63) is 58.7 Å². The van der Waals surface area contributed by atoms with Gasteiger partial charge in [-0.3, -0.25) is 9.69 Å². The van der Waals surface area contributed by atoms with Crippen molar-refractivity contribution in [1.29, 1.82) is 0 Å². The monoisotopic (exact) mass is 346 g/mol. The maximum atomic E-state index is 13.5. The molecule has 3 rings (SSSR count). The Morgan fingerprint density at radius 1 is 1.28 bits per heavy atom. The molecule has 1 aliphatic rings. The van der Waals surface area contributed by atoms with Crippen LogP contribution in [-0.4, -0.2) is 27.3 Å². The minimum atomic E-state index is -0.860. The molecule has 5 nitrogen and oxygen atoms in total. The van der Waals surface area contributed by atoms with Crippen molar-refractivity contribution in [1.82, 2.24) is 14.9 Å². The SMILES string of the molecule is Cc1cc(C(N)=O)nc([C@@]2(C)CCCN2Cc2ccc(F)c(F)c2)n1. The van der Waals surface area contributed by atoms with Gasteiger partial charge in [0.15, 0.2) is 11.6 Å². The summed E-state index contributed by atoms with van der Waals surface area (Å²) >= 11 is 0. The van der Waals surface area contributed by atoms with Crippen molar-refractivity contribution < 1.29 is 13.6 Å². The van der Waals surface area contributed by atoms with Crippen LogP contribution in [0.2, 0.25) is 0 Å². The van der Waals surface area contributed by atoms with Crippen LogP contribution >= 0.6 is 0 Å². The van der Waals surface area contributed by atoms with Gasteiger partial charge in [-0.25, -0.2) is 18.7 Å². The lowest BCUT2D eigenvalue weighted by Gasteiger charge is -2.34. The number of carbonyl (C=O) groups excluding carboxylic acids is 1. The number of nitrogens with zero attached hydrogens (tertiary/aromatic N) is 3. The van der Waals surface area contributed by atoms with Crippen LogP contribution in [0.4, 0.5) is 8.78 Å². The topological polar surface area (TPSA) is 72.1 Å². The molecule has 1 aliphatic heterocycles. The number of rotatable bonds is 4. The van der Waals surface area contributed by atoms with Gasteiger partial charge in [0, 0.05) is 12.2 Å². The number of nitrogens with two attached hydrogens (primary N) is 1. The third-order valence-electron chi connectivity index (χ3n) is 4.74. The number of primary amides is 1. The summed E-state index contributed by atoms with van der Waals surface area (Å²) in [6.07, 6.45) is 1.72. The number of halogens is 2. The van der Waals surface area contributed by atoms with E-state index in [1.807, 2.05) is 6.92 Å². The van der Waals surface area contributed by atoms with E-state index in [0.29, 0.717) is 23.6 Å². The summed E-state index contributed by atoms with van der Waals surface area (Å²) in [4.78, 5) is 22.5. The Morgan fingerprint density at radius 2 is 2.04 bits per heavy atom. The van der Waals surface area contributed by atoms with Crippen LogP contribution in [0, 0.1) is 18.6 Å². The molecule has 1 aromatic heterocycles. The number of hydrogen-bond acceptors (Lipinski definition) is 4. The molecule has 2 aromatic rings. The minimum absolute atomic E-state index is 0.184. The minimum Gasteiger partial charge on any atom is -0.364 e. The van der Waals surface area contributed by atoms with Gasteiger partial charge in [0.2, 0.25) is 0 Å². The third-order valence-corrected chi connectivity index (χ3v) is 4.74. The predicted octanol–water partition coefficient (Wildman–Crippen LogP) is 2.67. The lowest BCUT2D eigenvalue weighted by molar-refractivity contribution is 0.0991. The standard InChI is InChI=1S/C18H20F2N4O/c1-11-8-15(16(21)25)23-17(22-11)18(2)6-3-7-24(18)10-12-4-5-13(19)14(20)9-12/h4-5,8-9H,3,6-7,10H2,1-2H3,(H2,21,25)/t18-/m1/s1. The average molecular weight is 346 g/mol. The van der Waals surface area contributed by atoms with Crippen molar-refractivity contribution in [2.45, 2.75) is 38.8 Å².